The summed E-state index contributed by atoms with van der Waals surface area (Å²) in [6, 6.07) is 19.2. The molecule has 4 aromatic rings. The van der Waals surface area contributed by atoms with Crippen LogP contribution in [0.1, 0.15) is 11.1 Å². The lowest BCUT2D eigenvalue weighted by molar-refractivity contribution is -0.120. The Balaban J connectivity index is 1.45. The molecule has 0 aliphatic heterocycles. The van der Waals surface area contributed by atoms with Crippen LogP contribution in [0.5, 0.6) is 5.75 Å². The van der Waals surface area contributed by atoms with Gasteiger partial charge in [-0.25, -0.2) is 0 Å². The van der Waals surface area contributed by atoms with Crippen molar-refractivity contribution >= 4 is 39.7 Å². The minimum Gasteiger partial charge on any atom is -0.495 e. The lowest BCUT2D eigenvalue weighted by atomic mass is 10.1. The van der Waals surface area contributed by atoms with Gasteiger partial charge >= 0.3 is 0 Å². The van der Waals surface area contributed by atoms with Crippen LogP contribution in [0.25, 0.3) is 21.9 Å². The molecule has 0 saturated carbocycles. The van der Waals surface area contributed by atoms with Gasteiger partial charge in [0.25, 0.3) is 5.91 Å². The van der Waals surface area contributed by atoms with Crippen molar-refractivity contribution in [3.05, 3.63) is 71.8 Å². The Kier molecular flexibility index (Phi) is 5.16. The number of aryl methyl sites for hydroxylation is 1. The van der Waals surface area contributed by atoms with E-state index in [0.717, 1.165) is 27.5 Å². The molecule has 0 unspecified atom stereocenters. The van der Waals surface area contributed by atoms with Gasteiger partial charge in [-0.1, -0.05) is 53.2 Å². The fourth-order valence-electron chi connectivity index (χ4n) is 3.05. The second-order valence-electron chi connectivity index (χ2n) is 6.61. The number of para-hydroxylation sites is 1. The van der Waals surface area contributed by atoms with E-state index in [-0.39, 0.29) is 12.5 Å². The topological polar surface area (TPSA) is 73.1 Å². The van der Waals surface area contributed by atoms with Gasteiger partial charge in [0, 0.05) is 16.8 Å². The van der Waals surface area contributed by atoms with Gasteiger partial charge in [0.1, 0.15) is 16.9 Å². The molecule has 1 heterocycles. The normalized spacial score (nSPS) is 11.2. The fourth-order valence-corrected chi connectivity index (χ4v) is 3.05. The molecule has 0 aliphatic rings. The summed E-state index contributed by atoms with van der Waals surface area (Å²) in [6.45, 7) is 1.79. The second-order valence-corrected chi connectivity index (χ2v) is 6.61. The molecule has 3 aromatic carbocycles. The van der Waals surface area contributed by atoms with E-state index in [4.69, 9.17) is 14.0 Å². The molecule has 146 valence electrons. The van der Waals surface area contributed by atoms with Crippen LogP contribution in [0.15, 0.2) is 70.2 Å². The van der Waals surface area contributed by atoms with E-state index in [2.05, 4.69) is 10.5 Å². The van der Waals surface area contributed by atoms with Gasteiger partial charge < -0.3 is 19.3 Å². The Morgan fingerprint density at radius 3 is 2.66 bits per heavy atom. The number of carbonyl (C=O) groups excluding carboxylic acids is 1. The van der Waals surface area contributed by atoms with E-state index >= 15 is 0 Å². The molecule has 0 spiro atoms. The number of hydrogen-bond acceptors (Lipinski definition) is 5. The van der Waals surface area contributed by atoms with Gasteiger partial charge in [0.05, 0.1) is 19.0 Å². The number of benzene rings is 3. The number of nitrogens with one attached hydrogen (secondary N) is 1. The van der Waals surface area contributed by atoms with E-state index in [0.29, 0.717) is 17.0 Å². The van der Waals surface area contributed by atoms with Crippen molar-refractivity contribution in [3.63, 3.8) is 0 Å². The molecule has 29 heavy (non-hydrogen) atoms. The number of furan rings is 1. The van der Waals surface area contributed by atoms with Crippen molar-refractivity contribution in [2.45, 2.75) is 6.92 Å². The third-order valence-electron chi connectivity index (χ3n) is 4.52. The molecule has 0 saturated heterocycles. The van der Waals surface area contributed by atoms with E-state index < -0.39 is 0 Å². The molecule has 0 bridgehead atoms. The molecular weight excluding hydrogens is 368 g/mol. The molecule has 6 heteroatoms. The van der Waals surface area contributed by atoms with E-state index in [1.165, 1.54) is 0 Å². The van der Waals surface area contributed by atoms with E-state index in [1.807, 2.05) is 61.5 Å². The molecule has 0 aliphatic carbocycles. The van der Waals surface area contributed by atoms with Crippen LogP contribution in [0.4, 0.5) is 5.69 Å². The predicted molar refractivity (Wildman–Crippen MR) is 114 cm³/mol. The molecule has 0 radical (unpaired) electrons. The van der Waals surface area contributed by atoms with Gasteiger partial charge in [0.2, 0.25) is 0 Å². The highest BCUT2D eigenvalue weighted by molar-refractivity contribution is 6.07. The van der Waals surface area contributed by atoms with Gasteiger partial charge in [-0.2, -0.15) is 0 Å². The summed E-state index contributed by atoms with van der Waals surface area (Å²) >= 11 is 0. The van der Waals surface area contributed by atoms with Crippen LogP contribution >= 0.6 is 0 Å². The third kappa shape index (κ3) is 4.06. The SMILES string of the molecule is COc1cc2c(cc1NC(=O)CO/N=C\c1ccc(C)cc1)oc1ccccc12. The molecule has 0 atom stereocenters. The summed E-state index contributed by atoms with van der Waals surface area (Å²) in [6.07, 6.45) is 1.56. The summed E-state index contributed by atoms with van der Waals surface area (Å²) in [4.78, 5) is 17.4. The zero-order valence-corrected chi connectivity index (χ0v) is 16.1. The molecule has 4 rings (SSSR count). The summed E-state index contributed by atoms with van der Waals surface area (Å²) in [7, 11) is 1.56. The van der Waals surface area contributed by atoms with Crippen LogP contribution in [0, 0.1) is 6.92 Å². The maximum atomic E-state index is 12.2. The van der Waals surface area contributed by atoms with Crippen LogP contribution in [-0.4, -0.2) is 25.8 Å². The largest absolute Gasteiger partial charge is 0.495 e. The first-order chi connectivity index (χ1) is 14.1. The van der Waals surface area contributed by atoms with Gasteiger partial charge in [-0.3, -0.25) is 4.79 Å². The van der Waals surface area contributed by atoms with Crippen molar-refractivity contribution in [2.24, 2.45) is 5.16 Å². The number of anilines is 1. The van der Waals surface area contributed by atoms with Crippen molar-refractivity contribution in [2.75, 3.05) is 19.0 Å². The minimum atomic E-state index is -0.347. The van der Waals surface area contributed by atoms with Crippen molar-refractivity contribution < 1.29 is 18.8 Å². The average molecular weight is 388 g/mol. The molecular formula is C23H20N2O4. The summed E-state index contributed by atoms with van der Waals surface area (Å²) in [5, 5.41) is 8.54. The highest BCUT2D eigenvalue weighted by atomic mass is 16.6. The first-order valence-corrected chi connectivity index (χ1v) is 9.15. The number of ether oxygens (including phenoxy) is 1. The van der Waals surface area contributed by atoms with Crippen LogP contribution in [0.2, 0.25) is 0 Å². The maximum Gasteiger partial charge on any atom is 0.265 e. The quantitative estimate of drug-likeness (QED) is 0.377. The number of carbonyl (C=O) groups is 1. The molecule has 0 fully saturated rings. The van der Waals surface area contributed by atoms with Gasteiger partial charge in [-0.05, 0) is 24.6 Å². The second kappa shape index (κ2) is 8.06. The third-order valence-corrected chi connectivity index (χ3v) is 4.52. The summed E-state index contributed by atoms with van der Waals surface area (Å²) < 4.78 is 11.3. The summed E-state index contributed by atoms with van der Waals surface area (Å²) in [5.74, 6) is 0.195. The Hall–Kier alpha value is -3.80. The number of amides is 1. The van der Waals surface area contributed by atoms with Crippen molar-refractivity contribution in [1.82, 2.24) is 0 Å². The molecule has 1 N–H and O–H groups in total. The van der Waals surface area contributed by atoms with Crippen LogP contribution in [0.3, 0.4) is 0 Å². The first-order valence-electron chi connectivity index (χ1n) is 9.15. The van der Waals surface area contributed by atoms with Crippen molar-refractivity contribution in [1.29, 1.82) is 0 Å². The number of methoxy groups -OCH3 is 1. The number of rotatable bonds is 6. The smallest absolute Gasteiger partial charge is 0.265 e. The monoisotopic (exact) mass is 388 g/mol. The maximum absolute atomic E-state index is 12.2. The van der Waals surface area contributed by atoms with Crippen LogP contribution in [-0.2, 0) is 9.63 Å². The predicted octanol–water partition coefficient (Wildman–Crippen LogP) is 4.89. The fraction of sp³-hybridized carbons (Fsp3) is 0.130. The summed E-state index contributed by atoms with van der Waals surface area (Å²) in [5.41, 5.74) is 4.02. The Labute approximate surface area is 167 Å². The lowest BCUT2D eigenvalue weighted by Crippen LogP contribution is -2.17. The number of nitrogens with zero attached hydrogens (tertiary/aromatic N) is 1. The Morgan fingerprint density at radius 1 is 1.07 bits per heavy atom. The molecule has 6 nitrogen and oxygen atoms in total. The van der Waals surface area contributed by atoms with E-state index in [9.17, 15) is 4.79 Å². The standard InChI is InChI=1S/C23H20N2O4/c1-15-7-9-16(10-8-15)13-24-28-14-23(26)25-19-12-21-18(11-22(19)27-2)17-5-3-4-6-20(17)29-21/h3-13H,14H2,1-2H3,(H,25,26)/b24-13-. The highest BCUT2D eigenvalue weighted by Crippen LogP contribution is 2.36. The van der Waals surface area contributed by atoms with Crippen LogP contribution < -0.4 is 10.1 Å². The molecule has 1 aromatic heterocycles. The average Bonchev–Trinajstić information content (AvgIpc) is 3.09. The van der Waals surface area contributed by atoms with E-state index in [1.54, 1.807) is 19.4 Å². The minimum absolute atomic E-state index is 0.219. The Bertz CT molecular complexity index is 1190. The Morgan fingerprint density at radius 2 is 1.86 bits per heavy atom. The van der Waals surface area contributed by atoms with Gasteiger partial charge in [0.15, 0.2) is 6.61 Å². The molecule has 1 amide bonds. The number of oxime groups is 1. The zero-order valence-electron chi connectivity index (χ0n) is 16.1. The highest BCUT2D eigenvalue weighted by Gasteiger charge is 2.14. The number of hydrogen-bond donors (Lipinski definition) is 1. The first kappa shape index (κ1) is 18.6. The lowest BCUT2D eigenvalue weighted by Gasteiger charge is -2.09. The van der Waals surface area contributed by atoms with Crippen molar-refractivity contribution in [3.8, 4) is 5.75 Å². The zero-order chi connectivity index (χ0) is 20.2. The van der Waals surface area contributed by atoms with Gasteiger partial charge in [-0.15, -0.1) is 0 Å². The number of fused-ring (bicyclic) bond motifs is 3.